The number of aryl methyl sites for hydroxylation is 1. The van der Waals surface area contributed by atoms with Crippen LogP contribution in [0.5, 0.6) is 0 Å². The minimum Gasteiger partial charge on any atom is -0.320 e. The number of hydrogen-bond donors (Lipinski definition) is 1. The molecule has 0 aliphatic rings. The molecule has 1 unspecified atom stereocenters. The van der Waals surface area contributed by atoms with Gasteiger partial charge in [0.25, 0.3) is 0 Å². The molecule has 0 bridgehead atoms. The van der Waals surface area contributed by atoms with Crippen molar-refractivity contribution in [3.05, 3.63) is 70.5 Å². The summed E-state index contributed by atoms with van der Waals surface area (Å²) < 4.78 is 39.3. The first kappa shape index (κ1) is 13.6. The largest absolute Gasteiger partial charge is 0.320 e. The fourth-order valence-electron chi connectivity index (χ4n) is 1.95. The van der Waals surface area contributed by atoms with Gasteiger partial charge >= 0.3 is 0 Å². The number of hydrogen-bond acceptors (Lipinski definition) is 1. The first-order valence-electron chi connectivity index (χ1n) is 6.01. The number of rotatable bonds is 3. The molecule has 1 atom stereocenters. The molecule has 19 heavy (non-hydrogen) atoms. The first-order chi connectivity index (χ1) is 9.02. The standard InChI is InChI=1S/C15H14F3N/c1-2-9-4-3-5-10(6-9)15(19)11-7-12(16)14(18)13(17)8-11/h3-8,15H,2,19H2,1H3. The van der Waals surface area contributed by atoms with Crippen LogP contribution in [-0.2, 0) is 6.42 Å². The maximum absolute atomic E-state index is 13.2. The fraction of sp³-hybridized carbons (Fsp3) is 0.200. The molecule has 0 fully saturated rings. The summed E-state index contributed by atoms with van der Waals surface area (Å²) in [5.74, 6) is -3.92. The SMILES string of the molecule is CCc1cccc(C(N)c2cc(F)c(F)c(F)c2)c1. The molecule has 0 saturated heterocycles. The molecule has 1 nitrogen and oxygen atoms in total. The highest BCUT2D eigenvalue weighted by atomic mass is 19.2. The Balaban J connectivity index is 2.40. The van der Waals surface area contributed by atoms with Crippen LogP contribution in [0.2, 0.25) is 0 Å². The molecule has 0 aromatic heterocycles. The predicted octanol–water partition coefficient (Wildman–Crippen LogP) is 3.71. The second-order valence-electron chi connectivity index (χ2n) is 4.37. The second kappa shape index (κ2) is 5.45. The van der Waals surface area contributed by atoms with E-state index in [9.17, 15) is 13.2 Å². The summed E-state index contributed by atoms with van der Waals surface area (Å²) in [6.07, 6.45) is 0.840. The van der Waals surface area contributed by atoms with Crippen molar-refractivity contribution in [3.8, 4) is 0 Å². The highest BCUT2D eigenvalue weighted by molar-refractivity contribution is 5.34. The van der Waals surface area contributed by atoms with Gasteiger partial charge in [0.2, 0.25) is 0 Å². The van der Waals surface area contributed by atoms with E-state index in [0.29, 0.717) is 0 Å². The van der Waals surface area contributed by atoms with Gasteiger partial charge in [-0.05, 0) is 35.2 Å². The first-order valence-corrected chi connectivity index (χ1v) is 6.01. The van der Waals surface area contributed by atoms with Crippen molar-refractivity contribution in [2.75, 3.05) is 0 Å². The van der Waals surface area contributed by atoms with Crippen molar-refractivity contribution >= 4 is 0 Å². The van der Waals surface area contributed by atoms with E-state index in [2.05, 4.69) is 0 Å². The lowest BCUT2D eigenvalue weighted by molar-refractivity contribution is 0.444. The minimum absolute atomic E-state index is 0.213. The van der Waals surface area contributed by atoms with Crippen LogP contribution < -0.4 is 5.73 Å². The third-order valence-electron chi connectivity index (χ3n) is 3.08. The van der Waals surface area contributed by atoms with Crippen LogP contribution in [0.3, 0.4) is 0 Å². The van der Waals surface area contributed by atoms with Gasteiger partial charge in [0, 0.05) is 0 Å². The van der Waals surface area contributed by atoms with E-state index in [1.165, 1.54) is 0 Å². The maximum atomic E-state index is 13.2. The van der Waals surface area contributed by atoms with Crippen LogP contribution in [0.25, 0.3) is 0 Å². The van der Waals surface area contributed by atoms with Gasteiger partial charge in [-0.25, -0.2) is 13.2 Å². The van der Waals surface area contributed by atoms with Gasteiger partial charge in [-0.1, -0.05) is 31.2 Å². The quantitative estimate of drug-likeness (QED) is 0.841. The minimum atomic E-state index is -1.47. The van der Waals surface area contributed by atoms with E-state index in [1.54, 1.807) is 6.07 Å². The summed E-state index contributed by atoms with van der Waals surface area (Å²) in [4.78, 5) is 0. The Morgan fingerprint density at radius 2 is 1.63 bits per heavy atom. The molecule has 2 aromatic rings. The molecule has 2 rings (SSSR count). The van der Waals surface area contributed by atoms with Crippen LogP contribution >= 0.6 is 0 Å². The summed E-state index contributed by atoms with van der Waals surface area (Å²) in [5.41, 5.74) is 8.00. The summed E-state index contributed by atoms with van der Waals surface area (Å²) in [6.45, 7) is 2.00. The lowest BCUT2D eigenvalue weighted by Crippen LogP contribution is -2.13. The summed E-state index contributed by atoms with van der Waals surface area (Å²) >= 11 is 0. The Kier molecular flexibility index (Phi) is 3.90. The molecule has 2 N–H and O–H groups in total. The third-order valence-corrected chi connectivity index (χ3v) is 3.08. The molecule has 4 heteroatoms. The number of halogens is 3. The van der Waals surface area contributed by atoms with E-state index < -0.39 is 23.5 Å². The topological polar surface area (TPSA) is 26.0 Å². The zero-order chi connectivity index (χ0) is 14.0. The zero-order valence-corrected chi connectivity index (χ0v) is 10.5. The Morgan fingerprint density at radius 1 is 1.00 bits per heavy atom. The van der Waals surface area contributed by atoms with Gasteiger partial charge < -0.3 is 5.73 Å². The second-order valence-corrected chi connectivity index (χ2v) is 4.37. The van der Waals surface area contributed by atoms with Crippen molar-refractivity contribution in [1.82, 2.24) is 0 Å². The molecule has 0 radical (unpaired) electrons. The third kappa shape index (κ3) is 2.79. The zero-order valence-electron chi connectivity index (χ0n) is 10.5. The Morgan fingerprint density at radius 3 is 2.21 bits per heavy atom. The summed E-state index contributed by atoms with van der Waals surface area (Å²) in [6, 6.07) is 8.62. The van der Waals surface area contributed by atoms with E-state index in [-0.39, 0.29) is 5.56 Å². The molecular weight excluding hydrogens is 251 g/mol. The Hall–Kier alpha value is -1.81. The Labute approximate surface area is 109 Å². The molecule has 0 amide bonds. The van der Waals surface area contributed by atoms with Crippen LogP contribution in [-0.4, -0.2) is 0 Å². The predicted molar refractivity (Wildman–Crippen MR) is 68.2 cm³/mol. The van der Waals surface area contributed by atoms with E-state index in [4.69, 9.17) is 5.73 Å². The molecule has 0 heterocycles. The molecule has 0 saturated carbocycles. The van der Waals surface area contributed by atoms with Crippen LogP contribution in [0.15, 0.2) is 36.4 Å². The lowest BCUT2D eigenvalue weighted by Gasteiger charge is -2.14. The summed E-state index contributed by atoms with van der Waals surface area (Å²) in [7, 11) is 0. The van der Waals surface area contributed by atoms with Gasteiger partial charge in [-0.2, -0.15) is 0 Å². The normalized spacial score (nSPS) is 12.5. The van der Waals surface area contributed by atoms with E-state index in [0.717, 1.165) is 29.7 Å². The molecule has 0 aliphatic heterocycles. The van der Waals surface area contributed by atoms with Crippen LogP contribution in [0, 0.1) is 17.5 Å². The summed E-state index contributed by atoms with van der Waals surface area (Å²) in [5, 5.41) is 0. The monoisotopic (exact) mass is 265 g/mol. The van der Waals surface area contributed by atoms with Gasteiger partial charge in [-0.3, -0.25) is 0 Å². The molecule has 100 valence electrons. The average Bonchev–Trinajstić information content (AvgIpc) is 2.43. The smallest absolute Gasteiger partial charge is 0.194 e. The van der Waals surface area contributed by atoms with E-state index >= 15 is 0 Å². The van der Waals surface area contributed by atoms with Crippen molar-refractivity contribution in [2.24, 2.45) is 5.73 Å². The lowest BCUT2D eigenvalue weighted by atomic mass is 9.97. The number of benzene rings is 2. The highest BCUT2D eigenvalue weighted by Gasteiger charge is 2.16. The van der Waals surface area contributed by atoms with Crippen LogP contribution in [0.4, 0.5) is 13.2 Å². The molecule has 2 aromatic carbocycles. The molecular formula is C15H14F3N. The molecule has 0 aliphatic carbocycles. The van der Waals surface area contributed by atoms with Gasteiger partial charge in [0.05, 0.1) is 6.04 Å². The average molecular weight is 265 g/mol. The van der Waals surface area contributed by atoms with Crippen LogP contribution in [0.1, 0.15) is 29.7 Å². The van der Waals surface area contributed by atoms with Gasteiger partial charge in [0.15, 0.2) is 17.5 Å². The fourth-order valence-corrected chi connectivity index (χ4v) is 1.95. The van der Waals surface area contributed by atoms with Gasteiger partial charge in [0.1, 0.15) is 0 Å². The van der Waals surface area contributed by atoms with Crippen molar-refractivity contribution < 1.29 is 13.2 Å². The maximum Gasteiger partial charge on any atom is 0.194 e. The van der Waals surface area contributed by atoms with Crippen molar-refractivity contribution in [1.29, 1.82) is 0 Å². The van der Waals surface area contributed by atoms with Crippen molar-refractivity contribution in [3.63, 3.8) is 0 Å². The highest BCUT2D eigenvalue weighted by Crippen LogP contribution is 2.24. The number of nitrogens with two attached hydrogens (primary N) is 1. The Bertz CT molecular complexity index is 573. The van der Waals surface area contributed by atoms with Gasteiger partial charge in [-0.15, -0.1) is 0 Å². The van der Waals surface area contributed by atoms with E-state index in [1.807, 2.05) is 25.1 Å². The van der Waals surface area contributed by atoms with Crippen molar-refractivity contribution in [2.45, 2.75) is 19.4 Å². The molecule has 0 spiro atoms.